The topological polar surface area (TPSA) is 109 Å². The number of aromatic nitrogens is 2. The molecular formula is C10H8BrN3O4S2. The second kappa shape index (κ2) is 5.46. The van der Waals surface area contributed by atoms with Gasteiger partial charge in [0.2, 0.25) is 0 Å². The van der Waals surface area contributed by atoms with Crippen molar-refractivity contribution in [2.45, 2.75) is 11.1 Å². The van der Waals surface area contributed by atoms with Gasteiger partial charge in [0.1, 0.15) is 4.60 Å². The molecule has 106 valence electrons. The number of sulfonamides is 1. The first kappa shape index (κ1) is 14.9. The SMILES string of the molecule is Cc1nc(Br)ccc1NS(=O)(=O)c1scnc1C(=O)O. The van der Waals surface area contributed by atoms with Crippen LogP contribution in [0, 0.1) is 6.92 Å². The van der Waals surface area contributed by atoms with E-state index in [1.165, 1.54) is 11.6 Å². The van der Waals surface area contributed by atoms with Crippen LogP contribution in [0.4, 0.5) is 5.69 Å². The Kier molecular flexibility index (Phi) is 4.06. The Balaban J connectivity index is 2.41. The van der Waals surface area contributed by atoms with E-state index in [-0.39, 0.29) is 9.90 Å². The summed E-state index contributed by atoms with van der Waals surface area (Å²) in [6.07, 6.45) is 0. The van der Waals surface area contributed by atoms with E-state index in [9.17, 15) is 13.2 Å². The Morgan fingerprint density at radius 1 is 1.45 bits per heavy atom. The molecule has 0 bridgehead atoms. The summed E-state index contributed by atoms with van der Waals surface area (Å²) in [6, 6.07) is 3.11. The van der Waals surface area contributed by atoms with E-state index < -0.39 is 21.7 Å². The third-order valence-corrected chi connectivity index (χ3v) is 5.45. The highest BCUT2D eigenvalue weighted by Crippen LogP contribution is 2.25. The summed E-state index contributed by atoms with van der Waals surface area (Å²) < 4.78 is 26.9. The number of carboxylic acids is 1. The van der Waals surface area contributed by atoms with Crippen LogP contribution in [-0.2, 0) is 10.0 Å². The molecule has 0 aliphatic heterocycles. The Bertz CT molecular complexity index is 773. The van der Waals surface area contributed by atoms with E-state index in [2.05, 4.69) is 30.6 Å². The van der Waals surface area contributed by atoms with E-state index in [4.69, 9.17) is 5.11 Å². The average Bonchev–Trinajstić information content (AvgIpc) is 2.82. The molecule has 2 aromatic heterocycles. The molecule has 2 aromatic rings. The van der Waals surface area contributed by atoms with Gasteiger partial charge in [-0.2, -0.15) is 0 Å². The van der Waals surface area contributed by atoms with Gasteiger partial charge in [0.15, 0.2) is 9.90 Å². The van der Waals surface area contributed by atoms with Crippen LogP contribution in [0.25, 0.3) is 0 Å². The molecule has 0 unspecified atom stereocenters. The zero-order valence-corrected chi connectivity index (χ0v) is 13.2. The molecule has 20 heavy (non-hydrogen) atoms. The summed E-state index contributed by atoms with van der Waals surface area (Å²) >= 11 is 3.91. The van der Waals surface area contributed by atoms with Crippen molar-refractivity contribution in [3.63, 3.8) is 0 Å². The summed E-state index contributed by atoms with van der Waals surface area (Å²) in [4.78, 5) is 18.5. The summed E-state index contributed by atoms with van der Waals surface area (Å²) in [7, 11) is -4.01. The first-order chi connectivity index (χ1) is 9.31. The number of nitrogens with zero attached hydrogens (tertiary/aromatic N) is 2. The predicted octanol–water partition coefficient (Wildman–Crippen LogP) is 2.11. The van der Waals surface area contributed by atoms with Crippen molar-refractivity contribution in [1.29, 1.82) is 0 Å². The second-order valence-electron chi connectivity index (χ2n) is 3.67. The van der Waals surface area contributed by atoms with Gasteiger partial charge in [-0.25, -0.2) is 23.2 Å². The molecular weight excluding hydrogens is 370 g/mol. The minimum Gasteiger partial charge on any atom is -0.476 e. The summed E-state index contributed by atoms with van der Waals surface area (Å²) in [5.41, 5.74) is 1.41. The molecule has 0 spiro atoms. The lowest BCUT2D eigenvalue weighted by molar-refractivity contribution is 0.0687. The lowest BCUT2D eigenvalue weighted by atomic mass is 10.3. The van der Waals surface area contributed by atoms with Crippen molar-refractivity contribution in [3.8, 4) is 0 Å². The van der Waals surface area contributed by atoms with Gasteiger partial charge in [0, 0.05) is 0 Å². The highest BCUT2D eigenvalue weighted by molar-refractivity contribution is 9.10. The molecule has 2 N–H and O–H groups in total. The molecule has 0 fully saturated rings. The number of aromatic carboxylic acids is 1. The minimum atomic E-state index is -4.01. The molecule has 0 atom stereocenters. The van der Waals surface area contributed by atoms with E-state index >= 15 is 0 Å². The molecule has 2 rings (SSSR count). The molecule has 0 amide bonds. The number of hydrogen-bond donors (Lipinski definition) is 2. The van der Waals surface area contributed by atoms with Gasteiger partial charge < -0.3 is 5.11 Å². The van der Waals surface area contributed by atoms with Crippen molar-refractivity contribution in [2.75, 3.05) is 4.72 Å². The number of anilines is 1. The lowest BCUT2D eigenvalue weighted by Gasteiger charge is -2.09. The number of pyridine rings is 1. The van der Waals surface area contributed by atoms with Gasteiger partial charge in [-0.05, 0) is 35.0 Å². The number of nitrogens with one attached hydrogen (secondary N) is 1. The van der Waals surface area contributed by atoms with Crippen molar-refractivity contribution in [1.82, 2.24) is 9.97 Å². The smallest absolute Gasteiger partial charge is 0.356 e. The largest absolute Gasteiger partial charge is 0.476 e. The molecule has 0 saturated heterocycles. The number of aryl methyl sites for hydroxylation is 1. The third-order valence-electron chi connectivity index (χ3n) is 2.28. The van der Waals surface area contributed by atoms with E-state index in [1.54, 1.807) is 13.0 Å². The van der Waals surface area contributed by atoms with Gasteiger partial charge in [0.25, 0.3) is 10.0 Å². The van der Waals surface area contributed by atoms with Gasteiger partial charge in [-0.3, -0.25) is 4.72 Å². The van der Waals surface area contributed by atoms with Crippen LogP contribution in [0.5, 0.6) is 0 Å². The summed E-state index contributed by atoms with van der Waals surface area (Å²) in [5.74, 6) is -1.39. The average molecular weight is 378 g/mol. The monoisotopic (exact) mass is 377 g/mol. The third kappa shape index (κ3) is 2.97. The Morgan fingerprint density at radius 3 is 2.75 bits per heavy atom. The number of hydrogen-bond acceptors (Lipinski definition) is 6. The molecule has 0 saturated carbocycles. The quantitative estimate of drug-likeness (QED) is 0.789. The maximum atomic E-state index is 12.2. The molecule has 2 heterocycles. The lowest BCUT2D eigenvalue weighted by Crippen LogP contribution is -2.16. The van der Waals surface area contributed by atoms with Crippen LogP contribution in [0.1, 0.15) is 16.2 Å². The maximum Gasteiger partial charge on any atom is 0.356 e. The van der Waals surface area contributed by atoms with Crippen LogP contribution in [-0.4, -0.2) is 29.5 Å². The van der Waals surface area contributed by atoms with Crippen LogP contribution in [0.15, 0.2) is 26.5 Å². The fourth-order valence-corrected chi connectivity index (χ4v) is 4.05. The number of carboxylic acid groups (broad SMARTS) is 1. The number of thiazole rings is 1. The summed E-state index contributed by atoms with van der Waals surface area (Å²) in [5, 5.41) is 8.91. The van der Waals surface area contributed by atoms with Crippen molar-refractivity contribution >= 4 is 48.9 Å². The highest BCUT2D eigenvalue weighted by atomic mass is 79.9. The van der Waals surface area contributed by atoms with Crippen molar-refractivity contribution < 1.29 is 18.3 Å². The first-order valence-electron chi connectivity index (χ1n) is 5.14. The molecule has 0 aliphatic rings. The van der Waals surface area contributed by atoms with Crippen LogP contribution in [0.3, 0.4) is 0 Å². The molecule has 10 heteroatoms. The standard InChI is InChI=1S/C10H8BrN3O4S2/c1-5-6(2-3-7(11)13-5)14-20(17,18)10-8(9(15)16)12-4-19-10/h2-4,14H,1H3,(H,15,16). The van der Waals surface area contributed by atoms with Crippen LogP contribution < -0.4 is 4.72 Å². The van der Waals surface area contributed by atoms with Gasteiger partial charge in [0.05, 0.1) is 16.9 Å². The van der Waals surface area contributed by atoms with Gasteiger partial charge >= 0.3 is 5.97 Å². The summed E-state index contributed by atoms with van der Waals surface area (Å²) in [6.45, 7) is 1.63. The fourth-order valence-electron chi connectivity index (χ4n) is 1.40. The number of carbonyl (C=O) groups is 1. The number of halogens is 1. The maximum absolute atomic E-state index is 12.2. The first-order valence-corrected chi connectivity index (χ1v) is 8.29. The molecule has 0 aromatic carbocycles. The molecule has 0 radical (unpaired) electrons. The fraction of sp³-hybridized carbons (Fsp3) is 0.100. The highest BCUT2D eigenvalue weighted by Gasteiger charge is 2.26. The van der Waals surface area contributed by atoms with E-state index in [0.29, 0.717) is 10.3 Å². The zero-order chi connectivity index (χ0) is 14.9. The van der Waals surface area contributed by atoms with E-state index in [0.717, 1.165) is 11.3 Å². The second-order valence-corrected chi connectivity index (χ2v) is 7.21. The van der Waals surface area contributed by atoms with Crippen molar-refractivity contribution in [2.24, 2.45) is 0 Å². The Hall–Kier alpha value is -1.52. The molecule has 7 nitrogen and oxygen atoms in total. The minimum absolute atomic E-state index is 0.276. The molecule has 0 aliphatic carbocycles. The van der Waals surface area contributed by atoms with Crippen LogP contribution >= 0.6 is 27.3 Å². The Morgan fingerprint density at radius 2 is 2.15 bits per heavy atom. The normalized spacial score (nSPS) is 11.3. The van der Waals surface area contributed by atoms with Crippen LogP contribution in [0.2, 0.25) is 0 Å². The zero-order valence-electron chi connectivity index (χ0n) is 9.99. The Labute approximate surface area is 126 Å². The number of rotatable bonds is 4. The van der Waals surface area contributed by atoms with E-state index in [1.807, 2.05) is 0 Å². The predicted molar refractivity (Wildman–Crippen MR) is 76.6 cm³/mol. The van der Waals surface area contributed by atoms with Gasteiger partial charge in [-0.1, -0.05) is 0 Å². The van der Waals surface area contributed by atoms with Crippen molar-refractivity contribution in [3.05, 3.63) is 33.6 Å². The van der Waals surface area contributed by atoms with Gasteiger partial charge in [-0.15, -0.1) is 11.3 Å².